The molecule has 2 N–H and O–H groups in total. The first-order valence-electron chi connectivity index (χ1n) is 9.85. The van der Waals surface area contributed by atoms with Gasteiger partial charge in [0.1, 0.15) is 0 Å². The standard InChI is InChI=1S/C22H27FN4O2.HI/c1-3-29-20-11-8-17(13-19(20)23)15-26-22(24-2)25-14-16-6-9-18(10-7-16)27-12-4-5-21(27)28;/h6-11,13H,3-5,12,14-15H2,1-2H3,(H2,24,25,26);1H. The quantitative estimate of drug-likeness (QED) is 0.327. The summed E-state index contributed by atoms with van der Waals surface area (Å²) in [6.07, 6.45) is 1.55. The van der Waals surface area contributed by atoms with Gasteiger partial charge in [0.05, 0.1) is 6.61 Å². The van der Waals surface area contributed by atoms with Crippen LogP contribution in [0.3, 0.4) is 0 Å². The number of amides is 1. The lowest BCUT2D eigenvalue weighted by Crippen LogP contribution is -2.36. The molecule has 3 rings (SSSR count). The van der Waals surface area contributed by atoms with Crippen LogP contribution in [0.15, 0.2) is 47.5 Å². The van der Waals surface area contributed by atoms with Crippen LogP contribution in [-0.2, 0) is 17.9 Å². The van der Waals surface area contributed by atoms with Crippen LogP contribution in [0, 0.1) is 5.82 Å². The molecule has 1 aliphatic rings. The summed E-state index contributed by atoms with van der Waals surface area (Å²) in [5.74, 6) is 0.702. The van der Waals surface area contributed by atoms with E-state index in [1.165, 1.54) is 6.07 Å². The molecule has 0 bridgehead atoms. The van der Waals surface area contributed by atoms with Gasteiger partial charge in [-0.15, -0.1) is 24.0 Å². The predicted molar refractivity (Wildman–Crippen MR) is 128 cm³/mol. The molecule has 0 aromatic heterocycles. The first-order chi connectivity index (χ1) is 14.1. The molecule has 6 nitrogen and oxygen atoms in total. The van der Waals surface area contributed by atoms with Crippen LogP contribution in [0.25, 0.3) is 0 Å². The van der Waals surface area contributed by atoms with Crippen molar-refractivity contribution >= 4 is 41.5 Å². The van der Waals surface area contributed by atoms with Crippen LogP contribution in [0.4, 0.5) is 10.1 Å². The molecule has 1 heterocycles. The van der Waals surface area contributed by atoms with Gasteiger partial charge in [-0.3, -0.25) is 9.79 Å². The predicted octanol–water partition coefficient (Wildman–Crippen LogP) is 3.83. The molecule has 0 atom stereocenters. The minimum absolute atomic E-state index is 0. The molecule has 0 radical (unpaired) electrons. The van der Waals surface area contributed by atoms with E-state index >= 15 is 0 Å². The van der Waals surface area contributed by atoms with Crippen LogP contribution in [-0.4, -0.2) is 32.1 Å². The highest BCUT2D eigenvalue weighted by molar-refractivity contribution is 14.0. The average Bonchev–Trinajstić information content (AvgIpc) is 3.16. The number of aliphatic imine (C=N–C) groups is 1. The molecule has 0 spiro atoms. The lowest BCUT2D eigenvalue weighted by Gasteiger charge is -2.16. The second-order valence-corrected chi connectivity index (χ2v) is 6.79. The Bertz CT molecular complexity index is 874. The van der Waals surface area contributed by atoms with Crippen molar-refractivity contribution in [3.05, 3.63) is 59.4 Å². The zero-order valence-electron chi connectivity index (χ0n) is 17.3. The van der Waals surface area contributed by atoms with Gasteiger partial charge >= 0.3 is 0 Å². The van der Waals surface area contributed by atoms with Crippen molar-refractivity contribution in [1.82, 2.24) is 10.6 Å². The summed E-state index contributed by atoms with van der Waals surface area (Å²) in [6.45, 7) is 4.08. The number of nitrogens with zero attached hydrogens (tertiary/aromatic N) is 2. The maximum atomic E-state index is 14.0. The Labute approximate surface area is 193 Å². The summed E-state index contributed by atoms with van der Waals surface area (Å²) in [7, 11) is 1.69. The molecule has 8 heteroatoms. The molecule has 1 fully saturated rings. The van der Waals surface area contributed by atoms with Crippen molar-refractivity contribution in [3.8, 4) is 5.75 Å². The summed E-state index contributed by atoms with van der Waals surface area (Å²) in [6, 6.07) is 12.9. The number of rotatable bonds is 7. The Kier molecular flexibility index (Phi) is 9.35. The van der Waals surface area contributed by atoms with Gasteiger partial charge in [0, 0.05) is 38.8 Å². The van der Waals surface area contributed by atoms with Crippen LogP contribution in [0.5, 0.6) is 5.75 Å². The summed E-state index contributed by atoms with van der Waals surface area (Å²) < 4.78 is 19.2. The Morgan fingerprint density at radius 2 is 1.80 bits per heavy atom. The minimum atomic E-state index is -0.370. The highest BCUT2D eigenvalue weighted by Gasteiger charge is 2.21. The van der Waals surface area contributed by atoms with Crippen LogP contribution in [0.2, 0.25) is 0 Å². The van der Waals surface area contributed by atoms with E-state index in [1.807, 2.05) is 42.2 Å². The van der Waals surface area contributed by atoms with E-state index in [0.717, 1.165) is 29.8 Å². The summed E-state index contributed by atoms with van der Waals surface area (Å²) in [5, 5.41) is 6.42. The highest BCUT2D eigenvalue weighted by Crippen LogP contribution is 2.21. The third kappa shape index (κ3) is 6.32. The van der Waals surface area contributed by atoms with Crippen molar-refractivity contribution in [2.75, 3.05) is 25.1 Å². The number of carbonyl (C=O) groups is 1. The number of hydrogen-bond donors (Lipinski definition) is 2. The zero-order valence-corrected chi connectivity index (χ0v) is 19.6. The minimum Gasteiger partial charge on any atom is -0.491 e. The fourth-order valence-electron chi connectivity index (χ4n) is 3.23. The number of ether oxygens (including phenoxy) is 1. The lowest BCUT2D eigenvalue weighted by molar-refractivity contribution is -0.117. The largest absolute Gasteiger partial charge is 0.491 e. The average molecular weight is 526 g/mol. The topological polar surface area (TPSA) is 66.0 Å². The molecular weight excluding hydrogens is 498 g/mol. The smallest absolute Gasteiger partial charge is 0.227 e. The zero-order chi connectivity index (χ0) is 20.6. The van der Waals surface area contributed by atoms with Crippen LogP contribution in [0.1, 0.15) is 30.9 Å². The molecule has 162 valence electrons. The lowest BCUT2D eigenvalue weighted by atomic mass is 10.2. The van der Waals surface area contributed by atoms with E-state index in [2.05, 4.69) is 15.6 Å². The number of anilines is 1. The Morgan fingerprint density at radius 3 is 2.37 bits per heavy atom. The number of hydrogen-bond acceptors (Lipinski definition) is 3. The maximum Gasteiger partial charge on any atom is 0.227 e. The van der Waals surface area contributed by atoms with Crippen molar-refractivity contribution in [2.45, 2.75) is 32.9 Å². The summed E-state index contributed by atoms with van der Waals surface area (Å²) in [5.41, 5.74) is 2.82. The molecule has 1 amide bonds. The van der Waals surface area contributed by atoms with Gasteiger partial charge in [-0.1, -0.05) is 18.2 Å². The van der Waals surface area contributed by atoms with Crippen molar-refractivity contribution in [3.63, 3.8) is 0 Å². The Morgan fingerprint density at radius 1 is 1.13 bits per heavy atom. The van der Waals surface area contributed by atoms with Gasteiger partial charge in [0.2, 0.25) is 5.91 Å². The fraction of sp³-hybridized carbons (Fsp3) is 0.364. The van der Waals surface area contributed by atoms with Gasteiger partial charge in [0.15, 0.2) is 17.5 Å². The first-order valence-corrected chi connectivity index (χ1v) is 9.85. The monoisotopic (exact) mass is 526 g/mol. The number of benzene rings is 2. The van der Waals surface area contributed by atoms with E-state index in [-0.39, 0.29) is 41.5 Å². The Balaban J connectivity index is 0.00000320. The number of carbonyl (C=O) groups excluding carboxylic acids is 1. The molecule has 30 heavy (non-hydrogen) atoms. The number of halogens is 2. The SMILES string of the molecule is CCOc1ccc(CNC(=NC)NCc2ccc(N3CCCC3=O)cc2)cc1F.I. The highest BCUT2D eigenvalue weighted by atomic mass is 127. The Hall–Kier alpha value is -2.36. The molecule has 0 saturated carbocycles. The van der Waals surface area contributed by atoms with E-state index in [4.69, 9.17) is 4.74 Å². The van der Waals surface area contributed by atoms with Crippen molar-refractivity contribution < 1.29 is 13.9 Å². The summed E-state index contributed by atoms with van der Waals surface area (Å²) in [4.78, 5) is 17.9. The van der Waals surface area contributed by atoms with Gasteiger partial charge < -0.3 is 20.3 Å². The van der Waals surface area contributed by atoms with Gasteiger partial charge in [-0.05, 0) is 48.7 Å². The summed E-state index contributed by atoms with van der Waals surface area (Å²) >= 11 is 0. The van der Waals surface area contributed by atoms with Gasteiger partial charge in [0.25, 0.3) is 0 Å². The molecular formula is C22H28FIN4O2. The fourth-order valence-corrected chi connectivity index (χ4v) is 3.23. The molecule has 0 unspecified atom stereocenters. The molecule has 2 aromatic carbocycles. The van der Waals surface area contributed by atoms with Crippen molar-refractivity contribution in [2.24, 2.45) is 4.99 Å². The first kappa shape index (κ1) is 23.9. The molecule has 2 aromatic rings. The van der Waals surface area contributed by atoms with Crippen LogP contribution >= 0.6 is 24.0 Å². The van der Waals surface area contributed by atoms with E-state index in [0.29, 0.717) is 32.1 Å². The molecule has 0 aliphatic carbocycles. The van der Waals surface area contributed by atoms with Gasteiger partial charge in [-0.25, -0.2) is 4.39 Å². The normalized spacial score (nSPS) is 13.8. The van der Waals surface area contributed by atoms with Gasteiger partial charge in [-0.2, -0.15) is 0 Å². The van der Waals surface area contributed by atoms with E-state index in [9.17, 15) is 9.18 Å². The number of nitrogens with one attached hydrogen (secondary N) is 2. The van der Waals surface area contributed by atoms with E-state index < -0.39 is 0 Å². The number of guanidine groups is 1. The third-order valence-corrected chi connectivity index (χ3v) is 4.76. The molecule has 1 aliphatic heterocycles. The van der Waals surface area contributed by atoms with E-state index in [1.54, 1.807) is 13.1 Å². The second-order valence-electron chi connectivity index (χ2n) is 6.79. The molecule has 1 saturated heterocycles. The van der Waals surface area contributed by atoms with Crippen LogP contribution < -0.4 is 20.3 Å². The second kappa shape index (κ2) is 11.7. The maximum absolute atomic E-state index is 14.0. The third-order valence-electron chi connectivity index (χ3n) is 4.76. The van der Waals surface area contributed by atoms with Crippen molar-refractivity contribution in [1.29, 1.82) is 0 Å².